The van der Waals surface area contributed by atoms with Gasteiger partial charge in [0.2, 0.25) is 0 Å². The lowest BCUT2D eigenvalue weighted by Crippen LogP contribution is -2.44. The summed E-state index contributed by atoms with van der Waals surface area (Å²) in [5.74, 6) is -0.755. The normalized spacial score (nSPS) is 15.6. The third-order valence-corrected chi connectivity index (χ3v) is 7.55. The van der Waals surface area contributed by atoms with Crippen LogP contribution in [0.15, 0.2) is 41.3 Å². The van der Waals surface area contributed by atoms with Gasteiger partial charge in [0.25, 0.3) is 5.91 Å². The Morgan fingerprint density at radius 3 is 2.38 bits per heavy atom. The first-order valence-corrected chi connectivity index (χ1v) is 14.2. The van der Waals surface area contributed by atoms with E-state index in [-0.39, 0.29) is 30.9 Å². The molecule has 0 bridgehead atoms. The van der Waals surface area contributed by atoms with Crippen LogP contribution in [0.3, 0.4) is 0 Å². The van der Waals surface area contributed by atoms with Crippen LogP contribution in [0.4, 0.5) is 18.0 Å². The quantitative estimate of drug-likeness (QED) is 0.389. The molecule has 0 radical (unpaired) electrons. The van der Waals surface area contributed by atoms with Gasteiger partial charge in [-0.05, 0) is 75.3 Å². The lowest BCUT2D eigenvalue weighted by atomic mass is 10.1. The number of alkyl halides is 3. The summed E-state index contributed by atoms with van der Waals surface area (Å²) in [6, 6.07) is 7.91. The predicted octanol–water partition coefficient (Wildman–Crippen LogP) is 6.19. The Morgan fingerprint density at radius 1 is 1.13 bits per heavy atom. The molecule has 1 atom stereocenters. The smallest absolute Gasteiger partial charge is 0.419 e. The second-order valence-corrected chi connectivity index (χ2v) is 12.2. The van der Waals surface area contributed by atoms with E-state index in [9.17, 15) is 27.3 Å². The number of rotatable bonds is 7. The van der Waals surface area contributed by atoms with Crippen LogP contribution in [0.2, 0.25) is 5.02 Å². The molecule has 2 amide bonds. The first-order valence-electron chi connectivity index (χ1n) is 12.5. The Kier molecular flexibility index (Phi) is 10.1. The third-order valence-electron chi connectivity index (χ3n) is 5.90. The van der Waals surface area contributed by atoms with Crippen LogP contribution in [0.25, 0.3) is 0 Å². The molecular weight excluding hydrogens is 557 g/mol. The summed E-state index contributed by atoms with van der Waals surface area (Å²) >= 11 is 4.73. The van der Waals surface area contributed by atoms with Gasteiger partial charge >= 0.3 is 12.3 Å². The van der Waals surface area contributed by atoms with E-state index in [1.165, 1.54) is 11.0 Å². The van der Waals surface area contributed by atoms with Gasteiger partial charge in [-0.2, -0.15) is 13.2 Å². The lowest BCUT2D eigenvalue weighted by Gasteiger charge is -2.33. The highest BCUT2D eigenvalue weighted by Crippen LogP contribution is 2.38. The number of likely N-dealkylation sites (tertiary alicyclic amines) is 1. The zero-order chi connectivity index (χ0) is 29.0. The van der Waals surface area contributed by atoms with Crippen LogP contribution in [-0.2, 0) is 28.6 Å². The monoisotopic (exact) mass is 588 g/mol. The maximum atomic E-state index is 13.9. The number of benzene rings is 2. The van der Waals surface area contributed by atoms with Crippen molar-refractivity contribution in [3.63, 3.8) is 0 Å². The minimum absolute atomic E-state index is 0.0592. The number of carbonyl (C=O) groups is 2. The Labute approximate surface area is 234 Å². The van der Waals surface area contributed by atoms with Crippen molar-refractivity contribution in [3.05, 3.63) is 58.1 Å². The minimum Gasteiger partial charge on any atom is -0.611 e. The Hall–Kier alpha value is -2.63. The number of ether oxygens (including phenoxy) is 2. The van der Waals surface area contributed by atoms with Gasteiger partial charge in [0.15, 0.2) is 4.90 Å². The molecule has 39 heavy (non-hydrogen) atoms. The van der Waals surface area contributed by atoms with E-state index in [2.05, 4.69) is 5.32 Å². The highest BCUT2D eigenvalue weighted by Gasteiger charge is 2.36. The van der Waals surface area contributed by atoms with Crippen molar-refractivity contribution in [2.75, 3.05) is 18.8 Å². The molecule has 0 aliphatic carbocycles. The molecule has 0 saturated carbocycles. The van der Waals surface area contributed by atoms with Crippen molar-refractivity contribution in [1.82, 2.24) is 10.2 Å². The summed E-state index contributed by atoms with van der Waals surface area (Å²) in [6.45, 7) is 7.53. The second-order valence-electron chi connectivity index (χ2n) is 10.1. The number of hydrogen-bond acceptors (Lipinski definition) is 5. The number of piperidine rings is 1. The molecule has 1 fully saturated rings. The summed E-state index contributed by atoms with van der Waals surface area (Å²) in [5.41, 5.74) is -1.40. The van der Waals surface area contributed by atoms with E-state index < -0.39 is 46.6 Å². The van der Waals surface area contributed by atoms with Gasteiger partial charge in [0, 0.05) is 48.6 Å². The van der Waals surface area contributed by atoms with Gasteiger partial charge in [0.05, 0.1) is 5.56 Å². The third kappa shape index (κ3) is 8.68. The highest BCUT2D eigenvalue weighted by atomic mass is 35.5. The fourth-order valence-electron chi connectivity index (χ4n) is 4.00. The average Bonchev–Trinajstić information content (AvgIpc) is 2.86. The number of nitrogens with one attached hydrogen (secondary N) is 1. The standard InChI is InChI=1S/C27H32ClF3N2O5S/c1-5-39(36)23-9-7-19(28)14-18(23)16-32-24(34)17-6-8-22(21(15-17)27(29,30)31)37-20-10-12-33(13-11-20)25(35)38-26(2,3)4/h6-9,14-15,20H,5,10-13,16H2,1-4H3,(H,32,34). The zero-order valence-corrected chi connectivity index (χ0v) is 23.8. The molecule has 2 aromatic carbocycles. The first kappa shape index (κ1) is 30.9. The van der Waals surface area contributed by atoms with Gasteiger partial charge < -0.3 is 24.2 Å². The van der Waals surface area contributed by atoms with Gasteiger partial charge in [-0.25, -0.2) is 4.79 Å². The van der Waals surface area contributed by atoms with Crippen molar-refractivity contribution in [3.8, 4) is 5.75 Å². The van der Waals surface area contributed by atoms with E-state index in [0.29, 0.717) is 34.1 Å². The topological polar surface area (TPSA) is 90.9 Å². The zero-order valence-electron chi connectivity index (χ0n) is 22.2. The average molecular weight is 589 g/mol. The molecule has 1 aliphatic heterocycles. The molecule has 2 aromatic rings. The van der Waals surface area contributed by atoms with Gasteiger partial charge in [-0.3, -0.25) is 4.79 Å². The van der Waals surface area contributed by atoms with Gasteiger partial charge in [0.1, 0.15) is 23.2 Å². The Bertz CT molecular complexity index is 1180. The second kappa shape index (κ2) is 12.7. The molecule has 0 aromatic heterocycles. The van der Waals surface area contributed by atoms with E-state index in [0.717, 1.165) is 12.1 Å². The molecule has 1 heterocycles. The van der Waals surface area contributed by atoms with Crippen molar-refractivity contribution >= 4 is 34.8 Å². The molecular formula is C27H32ClF3N2O5S. The molecule has 1 aliphatic rings. The van der Waals surface area contributed by atoms with E-state index >= 15 is 0 Å². The SMILES string of the molecule is CC[S+]([O-])c1ccc(Cl)cc1CNC(=O)c1ccc(OC2CCN(C(=O)OC(C)(C)C)CC2)c(C(F)(F)F)c1. The first-order chi connectivity index (χ1) is 18.2. The summed E-state index contributed by atoms with van der Waals surface area (Å²) in [7, 11) is 0. The van der Waals surface area contributed by atoms with Crippen molar-refractivity contribution in [1.29, 1.82) is 0 Å². The lowest BCUT2D eigenvalue weighted by molar-refractivity contribution is -0.139. The molecule has 12 heteroatoms. The fraction of sp³-hybridized carbons (Fsp3) is 0.481. The number of hydrogen-bond donors (Lipinski definition) is 1. The van der Waals surface area contributed by atoms with Crippen molar-refractivity contribution < 1.29 is 36.8 Å². The van der Waals surface area contributed by atoms with E-state index in [4.69, 9.17) is 21.1 Å². The van der Waals surface area contributed by atoms with Gasteiger partial charge in [-0.15, -0.1) is 0 Å². The van der Waals surface area contributed by atoms with Crippen LogP contribution in [0, 0.1) is 0 Å². The van der Waals surface area contributed by atoms with Crippen LogP contribution >= 0.6 is 11.6 Å². The van der Waals surface area contributed by atoms with Gasteiger partial charge in [-0.1, -0.05) is 11.6 Å². The van der Waals surface area contributed by atoms with Crippen LogP contribution in [0.5, 0.6) is 5.75 Å². The van der Waals surface area contributed by atoms with E-state index in [1.54, 1.807) is 45.9 Å². The van der Waals surface area contributed by atoms with Crippen LogP contribution in [0.1, 0.15) is 62.0 Å². The molecule has 1 unspecified atom stereocenters. The molecule has 7 nitrogen and oxygen atoms in total. The maximum Gasteiger partial charge on any atom is 0.419 e. The van der Waals surface area contributed by atoms with Crippen LogP contribution in [-0.4, -0.2) is 52.0 Å². The molecule has 0 spiro atoms. The minimum atomic E-state index is -4.76. The fourth-order valence-corrected chi connectivity index (χ4v) is 5.15. The summed E-state index contributed by atoms with van der Waals surface area (Å²) in [6.07, 6.45) is -5.11. The molecule has 1 saturated heterocycles. The predicted molar refractivity (Wildman–Crippen MR) is 142 cm³/mol. The van der Waals surface area contributed by atoms with E-state index in [1.807, 2.05) is 0 Å². The Morgan fingerprint density at radius 2 is 1.79 bits per heavy atom. The largest absolute Gasteiger partial charge is 0.611 e. The van der Waals surface area contributed by atoms with Crippen molar-refractivity contribution in [2.24, 2.45) is 0 Å². The molecule has 3 rings (SSSR count). The molecule has 214 valence electrons. The van der Waals surface area contributed by atoms with Crippen LogP contribution < -0.4 is 10.1 Å². The highest BCUT2D eigenvalue weighted by molar-refractivity contribution is 7.91. The molecule has 1 N–H and O–H groups in total. The number of nitrogens with zero attached hydrogens (tertiary/aromatic N) is 1. The maximum absolute atomic E-state index is 13.9. The number of amides is 2. The number of carbonyl (C=O) groups excluding carboxylic acids is 2. The summed E-state index contributed by atoms with van der Waals surface area (Å²) in [5, 5.41) is 2.97. The summed E-state index contributed by atoms with van der Waals surface area (Å²) < 4.78 is 65.1. The number of halogens is 4. The van der Waals surface area contributed by atoms with Crippen molar-refractivity contribution in [2.45, 2.75) is 69.9 Å². The summed E-state index contributed by atoms with van der Waals surface area (Å²) in [4.78, 5) is 27.0. The Balaban J connectivity index is 1.69.